The van der Waals surface area contributed by atoms with Gasteiger partial charge < -0.3 is 15.3 Å². The van der Waals surface area contributed by atoms with Gasteiger partial charge in [0, 0.05) is 18.1 Å². The first-order valence-corrected chi connectivity index (χ1v) is 7.70. The largest absolute Gasteiger partial charge is 0.394 e. The zero-order chi connectivity index (χ0) is 13.2. The minimum absolute atomic E-state index is 0.00926. The fourth-order valence-corrected chi connectivity index (χ4v) is 3.84. The highest BCUT2D eigenvalue weighted by Crippen LogP contribution is 2.36. The zero-order valence-electron chi connectivity index (χ0n) is 12.3. The molecule has 1 heterocycles. The number of aliphatic hydroxyl groups excluding tert-OH is 1. The van der Waals surface area contributed by atoms with Gasteiger partial charge in [0.1, 0.15) is 0 Å². The van der Waals surface area contributed by atoms with Gasteiger partial charge in [0.05, 0.1) is 6.61 Å². The van der Waals surface area contributed by atoms with Crippen molar-refractivity contribution in [2.75, 3.05) is 26.2 Å². The SMILES string of the molecule is CCNC1(CO)CCC(N2CCC(C(C)C)C2)C1. The van der Waals surface area contributed by atoms with Gasteiger partial charge in [-0.05, 0) is 50.6 Å². The van der Waals surface area contributed by atoms with Crippen LogP contribution in [-0.2, 0) is 0 Å². The lowest BCUT2D eigenvalue weighted by Crippen LogP contribution is -2.47. The predicted molar refractivity (Wildman–Crippen MR) is 75.7 cm³/mol. The third kappa shape index (κ3) is 2.89. The van der Waals surface area contributed by atoms with Crippen LogP contribution in [0.15, 0.2) is 0 Å². The van der Waals surface area contributed by atoms with E-state index in [0.717, 1.165) is 31.2 Å². The van der Waals surface area contributed by atoms with Crippen LogP contribution in [0, 0.1) is 11.8 Å². The van der Waals surface area contributed by atoms with E-state index < -0.39 is 0 Å². The van der Waals surface area contributed by atoms with E-state index in [9.17, 15) is 5.11 Å². The van der Waals surface area contributed by atoms with Gasteiger partial charge in [0.2, 0.25) is 0 Å². The highest BCUT2D eigenvalue weighted by atomic mass is 16.3. The van der Waals surface area contributed by atoms with Crippen LogP contribution in [-0.4, -0.2) is 47.8 Å². The van der Waals surface area contributed by atoms with E-state index in [1.165, 1.54) is 25.9 Å². The van der Waals surface area contributed by atoms with E-state index in [4.69, 9.17) is 0 Å². The number of hydrogen-bond donors (Lipinski definition) is 2. The summed E-state index contributed by atoms with van der Waals surface area (Å²) in [5.74, 6) is 1.70. The number of hydrogen-bond acceptors (Lipinski definition) is 3. The normalized spacial score (nSPS) is 37.8. The standard InChI is InChI=1S/C15H30N2O/c1-4-16-15(11-18)7-5-14(9-15)17-8-6-13(10-17)12(2)3/h12-14,16,18H,4-11H2,1-3H3. The number of likely N-dealkylation sites (tertiary alicyclic amines) is 1. The fraction of sp³-hybridized carbons (Fsp3) is 1.00. The van der Waals surface area contributed by atoms with Gasteiger partial charge in [-0.25, -0.2) is 0 Å². The lowest BCUT2D eigenvalue weighted by Gasteiger charge is -2.30. The number of nitrogens with zero attached hydrogens (tertiary/aromatic N) is 1. The maximum atomic E-state index is 9.67. The summed E-state index contributed by atoms with van der Waals surface area (Å²) < 4.78 is 0. The molecule has 18 heavy (non-hydrogen) atoms. The molecular formula is C15H30N2O. The summed E-state index contributed by atoms with van der Waals surface area (Å²) in [6.45, 7) is 10.6. The van der Waals surface area contributed by atoms with Gasteiger partial charge >= 0.3 is 0 Å². The topological polar surface area (TPSA) is 35.5 Å². The second kappa shape index (κ2) is 5.89. The first-order valence-electron chi connectivity index (χ1n) is 7.70. The van der Waals surface area contributed by atoms with Crippen molar-refractivity contribution in [3.8, 4) is 0 Å². The first kappa shape index (κ1) is 14.3. The van der Waals surface area contributed by atoms with Crippen molar-refractivity contribution >= 4 is 0 Å². The molecule has 1 aliphatic carbocycles. The molecule has 0 aromatic carbocycles. The molecule has 3 unspecified atom stereocenters. The molecule has 0 radical (unpaired) electrons. The molecule has 0 amide bonds. The summed E-state index contributed by atoms with van der Waals surface area (Å²) in [4.78, 5) is 2.68. The maximum absolute atomic E-state index is 9.67. The molecule has 106 valence electrons. The van der Waals surface area contributed by atoms with Crippen LogP contribution in [0.5, 0.6) is 0 Å². The second-order valence-corrected chi connectivity index (χ2v) is 6.65. The highest BCUT2D eigenvalue weighted by Gasteiger charge is 2.42. The summed E-state index contributed by atoms with van der Waals surface area (Å²) in [6, 6.07) is 0.694. The van der Waals surface area contributed by atoms with E-state index in [0.29, 0.717) is 12.6 Å². The van der Waals surface area contributed by atoms with Crippen LogP contribution in [0.3, 0.4) is 0 Å². The van der Waals surface area contributed by atoms with E-state index in [1.807, 2.05) is 0 Å². The Bertz CT molecular complexity index is 269. The second-order valence-electron chi connectivity index (χ2n) is 6.65. The van der Waals surface area contributed by atoms with Crippen LogP contribution in [0.25, 0.3) is 0 Å². The predicted octanol–water partition coefficient (Wildman–Crippen LogP) is 1.86. The Hall–Kier alpha value is -0.120. The van der Waals surface area contributed by atoms with Crippen LogP contribution < -0.4 is 5.32 Å². The summed E-state index contributed by atoms with van der Waals surface area (Å²) in [5, 5.41) is 13.2. The van der Waals surface area contributed by atoms with Crippen molar-refractivity contribution in [3.63, 3.8) is 0 Å². The Morgan fingerprint density at radius 1 is 1.39 bits per heavy atom. The lowest BCUT2D eigenvalue weighted by atomic mass is 9.95. The first-order chi connectivity index (χ1) is 8.60. The summed E-state index contributed by atoms with van der Waals surface area (Å²) >= 11 is 0. The highest BCUT2D eigenvalue weighted by molar-refractivity contribution is 5.00. The molecule has 2 fully saturated rings. The monoisotopic (exact) mass is 254 g/mol. The number of rotatable bonds is 5. The van der Waals surface area contributed by atoms with Gasteiger partial charge in [-0.1, -0.05) is 20.8 Å². The van der Waals surface area contributed by atoms with Crippen molar-refractivity contribution < 1.29 is 5.11 Å². The molecule has 3 atom stereocenters. The summed E-state index contributed by atoms with van der Waals surface area (Å²) in [6.07, 6.45) is 4.87. The third-order valence-electron chi connectivity index (χ3n) is 5.15. The maximum Gasteiger partial charge on any atom is 0.0613 e. The Labute approximate surface area is 112 Å². The van der Waals surface area contributed by atoms with Gasteiger partial charge in [0.15, 0.2) is 0 Å². The van der Waals surface area contributed by atoms with Gasteiger partial charge in [-0.2, -0.15) is 0 Å². The molecule has 2 rings (SSSR count). The number of likely N-dealkylation sites (N-methyl/N-ethyl adjacent to an activating group) is 1. The Morgan fingerprint density at radius 3 is 2.72 bits per heavy atom. The summed E-state index contributed by atoms with van der Waals surface area (Å²) in [7, 11) is 0. The number of nitrogens with one attached hydrogen (secondary N) is 1. The van der Waals surface area contributed by atoms with Crippen molar-refractivity contribution in [1.82, 2.24) is 10.2 Å². The Balaban J connectivity index is 1.89. The van der Waals surface area contributed by atoms with E-state index in [1.54, 1.807) is 0 Å². The molecule has 2 N–H and O–H groups in total. The van der Waals surface area contributed by atoms with E-state index >= 15 is 0 Å². The average Bonchev–Trinajstić information content (AvgIpc) is 2.95. The third-order valence-corrected chi connectivity index (χ3v) is 5.15. The van der Waals surface area contributed by atoms with Crippen LogP contribution >= 0.6 is 0 Å². The molecular weight excluding hydrogens is 224 g/mol. The van der Waals surface area contributed by atoms with Crippen molar-refractivity contribution in [2.24, 2.45) is 11.8 Å². The van der Waals surface area contributed by atoms with Gasteiger partial charge in [0.25, 0.3) is 0 Å². The molecule has 3 heteroatoms. The Morgan fingerprint density at radius 2 is 2.17 bits per heavy atom. The molecule has 3 nitrogen and oxygen atoms in total. The average molecular weight is 254 g/mol. The van der Waals surface area contributed by atoms with Crippen LogP contribution in [0.2, 0.25) is 0 Å². The van der Waals surface area contributed by atoms with Crippen molar-refractivity contribution in [2.45, 2.75) is 58.0 Å². The molecule has 1 aliphatic heterocycles. The van der Waals surface area contributed by atoms with E-state index in [2.05, 4.69) is 31.0 Å². The van der Waals surface area contributed by atoms with Gasteiger partial charge in [-0.15, -0.1) is 0 Å². The molecule has 1 saturated heterocycles. The quantitative estimate of drug-likeness (QED) is 0.786. The minimum atomic E-state index is 0.00926. The fourth-order valence-electron chi connectivity index (χ4n) is 3.84. The van der Waals surface area contributed by atoms with Gasteiger partial charge in [-0.3, -0.25) is 0 Å². The smallest absolute Gasteiger partial charge is 0.0613 e. The molecule has 0 aromatic rings. The summed E-state index contributed by atoms with van der Waals surface area (Å²) in [5.41, 5.74) is 0.00926. The lowest BCUT2D eigenvalue weighted by molar-refractivity contribution is 0.150. The van der Waals surface area contributed by atoms with Crippen molar-refractivity contribution in [1.29, 1.82) is 0 Å². The molecule has 0 aromatic heterocycles. The Kier molecular flexibility index (Phi) is 4.68. The number of aliphatic hydroxyl groups is 1. The zero-order valence-corrected chi connectivity index (χ0v) is 12.3. The van der Waals surface area contributed by atoms with Crippen LogP contribution in [0.4, 0.5) is 0 Å². The minimum Gasteiger partial charge on any atom is -0.394 e. The molecule has 0 bridgehead atoms. The molecule has 1 saturated carbocycles. The molecule has 0 spiro atoms. The molecule has 2 aliphatic rings. The van der Waals surface area contributed by atoms with E-state index in [-0.39, 0.29) is 5.54 Å². The van der Waals surface area contributed by atoms with Crippen molar-refractivity contribution in [3.05, 3.63) is 0 Å². The van der Waals surface area contributed by atoms with Crippen LogP contribution in [0.1, 0.15) is 46.5 Å².